The lowest BCUT2D eigenvalue weighted by molar-refractivity contribution is -0.117. The second-order valence-electron chi connectivity index (χ2n) is 5.30. The summed E-state index contributed by atoms with van der Waals surface area (Å²) in [5.74, 6) is 0.892. The van der Waals surface area contributed by atoms with E-state index in [1.54, 1.807) is 0 Å². The average Bonchev–Trinajstić information content (AvgIpc) is 2.99. The van der Waals surface area contributed by atoms with Crippen molar-refractivity contribution >= 4 is 11.7 Å². The Hall–Kier alpha value is -1.45. The molecule has 0 unspecified atom stereocenters. The number of hydrogen-bond acceptors (Lipinski definition) is 3. The van der Waals surface area contributed by atoms with E-state index < -0.39 is 0 Å². The first-order valence-corrected chi connectivity index (χ1v) is 5.60. The summed E-state index contributed by atoms with van der Waals surface area (Å²) in [5, 5.41) is 2.83. The molecule has 1 aromatic heterocycles. The van der Waals surface area contributed by atoms with Gasteiger partial charge in [0, 0.05) is 17.4 Å². The van der Waals surface area contributed by atoms with Crippen LogP contribution >= 0.6 is 0 Å². The molecule has 1 saturated carbocycles. The van der Waals surface area contributed by atoms with Gasteiger partial charge in [-0.15, -0.1) is 0 Å². The molecule has 0 bridgehead atoms. The quantitative estimate of drug-likeness (QED) is 0.829. The third-order valence-electron chi connectivity index (χ3n) is 2.63. The lowest BCUT2D eigenvalue weighted by Gasteiger charge is -2.17. The van der Waals surface area contributed by atoms with Gasteiger partial charge in [-0.05, 0) is 12.8 Å². The van der Waals surface area contributed by atoms with Crippen LogP contribution < -0.4 is 5.32 Å². The highest BCUT2D eigenvalue weighted by atomic mass is 16.2. The maximum atomic E-state index is 11.6. The summed E-state index contributed by atoms with van der Waals surface area (Å²) in [7, 11) is 0. The Morgan fingerprint density at radius 3 is 2.62 bits per heavy atom. The number of aromatic nitrogens is 2. The Morgan fingerprint density at radius 2 is 2.06 bits per heavy atom. The van der Waals surface area contributed by atoms with Gasteiger partial charge in [0.05, 0.1) is 5.69 Å². The van der Waals surface area contributed by atoms with Crippen LogP contribution in [0.3, 0.4) is 0 Å². The molecular formula is C12H17N3O. The van der Waals surface area contributed by atoms with Crippen LogP contribution in [0.1, 0.15) is 39.3 Å². The second kappa shape index (κ2) is 3.85. The Balaban J connectivity index is 2.12. The second-order valence-corrected chi connectivity index (χ2v) is 5.30. The summed E-state index contributed by atoms with van der Waals surface area (Å²) >= 11 is 0. The van der Waals surface area contributed by atoms with Crippen LogP contribution in [0.4, 0.5) is 5.82 Å². The molecule has 16 heavy (non-hydrogen) atoms. The number of hydrogen-bond donors (Lipinski definition) is 1. The Morgan fingerprint density at radius 1 is 1.38 bits per heavy atom. The van der Waals surface area contributed by atoms with Gasteiger partial charge in [-0.3, -0.25) is 4.79 Å². The average molecular weight is 219 g/mol. The normalized spacial score (nSPS) is 15.9. The van der Waals surface area contributed by atoms with Crippen molar-refractivity contribution in [3.8, 4) is 0 Å². The van der Waals surface area contributed by atoms with Crippen LogP contribution in [0.5, 0.6) is 0 Å². The topological polar surface area (TPSA) is 54.9 Å². The van der Waals surface area contributed by atoms with Crippen molar-refractivity contribution in [2.24, 2.45) is 5.92 Å². The first kappa shape index (κ1) is 11.0. The molecule has 1 amide bonds. The number of carbonyl (C=O) groups is 1. The zero-order valence-electron chi connectivity index (χ0n) is 9.95. The number of nitrogens with one attached hydrogen (secondary N) is 1. The Labute approximate surface area is 95.5 Å². The van der Waals surface area contributed by atoms with Crippen LogP contribution in [0.2, 0.25) is 0 Å². The maximum absolute atomic E-state index is 11.6. The molecule has 0 spiro atoms. The van der Waals surface area contributed by atoms with Gasteiger partial charge in [-0.2, -0.15) is 0 Å². The van der Waals surface area contributed by atoms with E-state index in [2.05, 4.69) is 36.1 Å². The highest BCUT2D eigenvalue weighted by molar-refractivity contribution is 5.93. The minimum absolute atomic E-state index is 0.0258. The number of carbonyl (C=O) groups excluding carboxylic acids is 1. The van der Waals surface area contributed by atoms with E-state index in [0.717, 1.165) is 18.5 Å². The van der Waals surface area contributed by atoms with Crippen LogP contribution in [0.25, 0.3) is 0 Å². The van der Waals surface area contributed by atoms with Gasteiger partial charge in [0.2, 0.25) is 5.91 Å². The van der Waals surface area contributed by atoms with Crippen molar-refractivity contribution < 1.29 is 4.79 Å². The zero-order valence-corrected chi connectivity index (χ0v) is 9.95. The predicted octanol–water partition coefficient (Wildman–Crippen LogP) is 2.12. The molecule has 0 radical (unpaired) electrons. The Bertz CT molecular complexity index is 405. The van der Waals surface area contributed by atoms with E-state index >= 15 is 0 Å². The van der Waals surface area contributed by atoms with Crippen molar-refractivity contribution in [1.29, 1.82) is 0 Å². The molecule has 1 aromatic rings. The van der Waals surface area contributed by atoms with Crippen LogP contribution in [-0.4, -0.2) is 15.9 Å². The highest BCUT2D eigenvalue weighted by Gasteiger charge is 2.30. The van der Waals surface area contributed by atoms with Gasteiger partial charge in [0.15, 0.2) is 0 Å². The smallest absolute Gasteiger partial charge is 0.228 e. The van der Waals surface area contributed by atoms with Crippen LogP contribution in [0, 0.1) is 5.92 Å². The van der Waals surface area contributed by atoms with Gasteiger partial charge < -0.3 is 5.32 Å². The van der Waals surface area contributed by atoms with E-state index in [9.17, 15) is 4.79 Å². The third kappa shape index (κ3) is 2.56. The highest BCUT2D eigenvalue weighted by Crippen LogP contribution is 2.30. The van der Waals surface area contributed by atoms with Gasteiger partial charge in [0.25, 0.3) is 0 Å². The summed E-state index contributed by atoms with van der Waals surface area (Å²) in [5.41, 5.74) is 0.913. The van der Waals surface area contributed by atoms with Crippen molar-refractivity contribution in [2.75, 3.05) is 5.32 Å². The first-order valence-electron chi connectivity index (χ1n) is 5.60. The lowest BCUT2D eigenvalue weighted by atomic mass is 9.92. The molecule has 1 aliphatic rings. The number of anilines is 1. The van der Waals surface area contributed by atoms with E-state index in [0.29, 0.717) is 5.82 Å². The SMILES string of the molecule is CC(C)(C)c1cc(NC(=O)C2CC2)ncn1. The fourth-order valence-electron chi connectivity index (χ4n) is 1.41. The minimum Gasteiger partial charge on any atom is -0.310 e. The maximum Gasteiger partial charge on any atom is 0.228 e. The summed E-state index contributed by atoms with van der Waals surface area (Å²) in [4.78, 5) is 19.8. The molecule has 1 heterocycles. The molecule has 0 aromatic carbocycles. The van der Waals surface area contributed by atoms with E-state index in [-0.39, 0.29) is 17.2 Å². The molecule has 1 N–H and O–H groups in total. The van der Waals surface area contributed by atoms with Gasteiger partial charge in [0.1, 0.15) is 12.1 Å². The molecule has 2 rings (SSSR count). The van der Waals surface area contributed by atoms with Gasteiger partial charge in [-0.25, -0.2) is 9.97 Å². The zero-order chi connectivity index (χ0) is 11.8. The molecule has 4 heteroatoms. The molecule has 4 nitrogen and oxygen atoms in total. The van der Waals surface area contributed by atoms with E-state index in [4.69, 9.17) is 0 Å². The predicted molar refractivity (Wildman–Crippen MR) is 62.1 cm³/mol. The third-order valence-corrected chi connectivity index (χ3v) is 2.63. The van der Waals surface area contributed by atoms with Crippen molar-refractivity contribution in [2.45, 2.75) is 39.0 Å². The van der Waals surface area contributed by atoms with E-state index in [1.165, 1.54) is 6.33 Å². The molecule has 86 valence electrons. The minimum atomic E-state index is -0.0258. The molecule has 0 saturated heterocycles. The fourth-order valence-corrected chi connectivity index (χ4v) is 1.41. The molecule has 1 fully saturated rings. The molecule has 0 atom stereocenters. The van der Waals surface area contributed by atoms with Crippen LogP contribution in [-0.2, 0) is 10.2 Å². The lowest BCUT2D eigenvalue weighted by Crippen LogP contribution is -2.17. The Kier molecular flexibility index (Phi) is 2.66. The molecule has 1 aliphatic carbocycles. The summed E-state index contributed by atoms with van der Waals surface area (Å²) in [6.07, 6.45) is 3.51. The number of nitrogens with zero attached hydrogens (tertiary/aromatic N) is 2. The summed E-state index contributed by atoms with van der Waals surface area (Å²) < 4.78 is 0. The van der Waals surface area contributed by atoms with Crippen LogP contribution in [0.15, 0.2) is 12.4 Å². The largest absolute Gasteiger partial charge is 0.310 e. The van der Waals surface area contributed by atoms with E-state index in [1.807, 2.05) is 6.07 Å². The van der Waals surface area contributed by atoms with Gasteiger partial charge >= 0.3 is 0 Å². The number of rotatable bonds is 2. The monoisotopic (exact) mass is 219 g/mol. The summed E-state index contributed by atoms with van der Waals surface area (Å²) in [6, 6.07) is 1.85. The fraction of sp³-hybridized carbons (Fsp3) is 0.583. The first-order chi connectivity index (χ1) is 7.47. The standard InChI is InChI=1S/C12H17N3O/c1-12(2,3)9-6-10(14-7-13-9)15-11(16)8-4-5-8/h6-8H,4-5H2,1-3H3,(H,13,14,15,16). The van der Waals surface area contributed by atoms with Crippen molar-refractivity contribution in [3.63, 3.8) is 0 Å². The molecular weight excluding hydrogens is 202 g/mol. The van der Waals surface area contributed by atoms with Crippen molar-refractivity contribution in [3.05, 3.63) is 18.1 Å². The number of amides is 1. The molecule has 0 aliphatic heterocycles. The van der Waals surface area contributed by atoms with Crippen molar-refractivity contribution in [1.82, 2.24) is 9.97 Å². The summed E-state index contributed by atoms with van der Waals surface area (Å²) in [6.45, 7) is 6.26. The van der Waals surface area contributed by atoms with Gasteiger partial charge in [-0.1, -0.05) is 20.8 Å².